The van der Waals surface area contributed by atoms with Gasteiger partial charge in [0, 0.05) is 17.9 Å². The average molecular weight is 494 g/mol. The molecule has 131 valence electrons. The molecule has 0 saturated heterocycles. The molecule has 7 heteroatoms. The van der Waals surface area contributed by atoms with Crippen LogP contribution in [0, 0.1) is 0 Å². The molecule has 0 aliphatic carbocycles. The van der Waals surface area contributed by atoms with Crippen LogP contribution in [0.15, 0.2) is 0 Å². The second-order valence-corrected chi connectivity index (χ2v) is 4.43. The summed E-state index contributed by atoms with van der Waals surface area (Å²) >= 11 is 0. The van der Waals surface area contributed by atoms with Gasteiger partial charge in [0.1, 0.15) is 0 Å². The van der Waals surface area contributed by atoms with E-state index in [-0.39, 0.29) is 39.1 Å². The van der Waals surface area contributed by atoms with Crippen LogP contribution in [0.4, 0.5) is 0 Å². The fourth-order valence-corrected chi connectivity index (χ4v) is 0.963. The quantitative estimate of drug-likeness (QED) is 0.438. The molecule has 6 nitrogen and oxygen atoms in total. The number of aliphatic carboxylic acids is 3. The molecule has 0 rings (SSSR count). The summed E-state index contributed by atoms with van der Waals surface area (Å²) in [5.41, 5.74) is 0. The Morgan fingerprint density at radius 3 is 0.818 bits per heavy atom. The van der Waals surface area contributed by atoms with Crippen molar-refractivity contribution < 1.29 is 49.5 Å². The summed E-state index contributed by atoms with van der Waals surface area (Å²) in [4.78, 5) is 28.9. The van der Waals surface area contributed by atoms with Crippen LogP contribution in [0.1, 0.15) is 78.6 Å². The number of hydrogen-bond donors (Lipinski definition) is 0. The number of carboxylic acid groups (broad SMARTS) is 3. The van der Waals surface area contributed by atoms with Gasteiger partial charge in [0.05, 0.1) is 0 Å². The van der Waals surface area contributed by atoms with Gasteiger partial charge in [-0.3, -0.25) is 0 Å². The number of unbranched alkanes of at least 4 members (excludes halogenated alkanes) is 3. The van der Waals surface area contributed by atoms with Crippen LogP contribution in [-0.2, 0) is 34.2 Å². The third-order valence-electron chi connectivity index (χ3n) is 2.20. The van der Waals surface area contributed by atoms with Crippen molar-refractivity contribution in [3.8, 4) is 0 Å². The smallest absolute Gasteiger partial charge is 0.550 e. The maximum absolute atomic E-state index is 9.65. The Morgan fingerprint density at radius 2 is 0.773 bits per heavy atom. The Balaban J connectivity index is -0.000000108. The van der Waals surface area contributed by atoms with E-state index in [0.29, 0.717) is 0 Å². The van der Waals surface area contributed by atoms with Crippen molar-refractivity contribution >= 4 is 17.9 Å². The van der Waals surface area contributed by atoms with Gasteiger partial charge in [-0.1, -0.05) is 40.0 Å². The zero-order valence-corrected chi connectivity index (χ0v) is 16.2. The Hall–Kier alpha value is -0.954. The fourth-order valence-electron chi connectivity index (χ4n) is 0.963. The molecule has 0 aromatic rings. The Bertz CT molecular complexity index is 226. The molecule has 0 amide bonds. The van der Waals surface area contributed by atoms with Crippen molar-refractivity contribution in [2.24, 2.45) is 0 Å². The molecule has 0 aromatic heterocycles. The Labute approximate surface area is 146 Å². The van der Waals surface area contributed by atoms with Gasteiger partial charge in [-0.2, -0.15) is 0 Å². The van der Waals surface area contributed by atoms with Gasteiger partial charge in [0.2, 0.25) is 0 Å². The van der Waals surface area contributed by atoms with Gasteiger partial charge in [0.25, 0.3) is 0 Å². The van der Waals surface area contributed by atoms with Crippen molar-refractivity contribution in [3.05, 3.63) is 0 Å². The first kappa shape index (κ1) is 29.1. The zero-order chi connectivity index (χ0) is 17.1. The average Bonchev–Trinajstić information content (AvgIpc) is 2.41. The predicted octanol–water partition coefficient (Wildman–Crippen LogP) is -0.223. The second kappa shape index (κ2) is 25.0. The molecule has 22 heavy (non-hydrogen) atoms. The molecule has 0 fully saturated rings. The first-order valence-electron chi connectivity index (χ1n) is 7.41. The minimum absolute atomic E-state index is 0. The van der Waals surface area contributed by atoms with Crippen molar-refractivity contribution in [1.82, 2.24) is 0 Å². The molecular formula is C15H27O6Os. The molecule has 0 heterocycles. The summed E-state index contributed by atoms with van der Waals surface area (Å²) in [5.74, 6) is -2.83. The topological polar surface area (TPSA) is 120 Å². The van der Waals surface area contributed by atoms with Gasteiger partial charge in [-0.25, -0.2) is 0 Å². The van der Waals surface area contributed by atoms with E-state index in [9.17, 15) is 29.7 Å². The van der Waals surface area contributed by atoms with E-state index < -0.39 is 17.9 Å². The van der Waals surface area contributed by atoms with E-state index in [1.54, 1.807) is 0 Å². The number of rotatable bonds is 9. The van der Waals surface area contributed by atoms with E-state index in [1.807, 2.05) is 20.8 Å². The Kier molecular flexibility index (Phi) is 33.1. The maximum Gasteiger partial charge on any atom is 3.00 e. The number of carboxylic acids is 3. The molecule has 0 aliphatic rings. The molecule has 0 bridgehead atoms. The third kappa shape index (κ3) is 50.8. The van der Waals surface area contributed by atoms with Crippen LogP contribution in [0.5, 0.6) is 0 Å². The zero-order valence-electron chi connectivity index (χ0n) is 13.7. The van der Waals surface area contributed by atoms with Gasteiger partial charge < -0.3 is 29.7 Å². The van der Waals surface area contributed by atoms with Crippen LogP contribution in [0.3, 0.4) is 0 Å². The van der Waals surface area contributed by atoms with Crippen molar-refractivity contribution in [2.75, 3.05) is 0 Å². The predicted molar refractivity (Wildman–Crippen MR) is 73.6 cm³/mol. The van der Waals surface area contributed by atoms with Crippen LogP contribution in [0.25, 0.3) is 0 Å². The van der Waals surface area contributed by atoms with Gasteiger partial charge in [-0.15, -0.1) is 0 Å². The molecule has 0 aromatic carbocycles. The summed E-state index contributed by atoms with van der Waals surface area (Å²) in [5, 5.41) is 28.9. The van der Waals surface area contributed by atoms with Gasteiger partial charge >= 0.3 is 19.8 Å². The number of carbonyl (C=O) groups is 3. The van der Waals surface area contributed by atoms with Crippen LogP contribution in [-0.4, -0.2) is 17.9 Å². The van der Waals surface area contributed by atoms with Crippen molar-refractivity contribution in [2.45, 2.75) is 78.6 Å². The van der Waals surface area contributed by atoms with Crippen LogP contribution < -0.4 is 15.3 Å². The minimum Gasteiger partial charge on any atom is -0.550 e. The van der Waals surface area contributed by atoms with Gasteiger partial charge in [0.15, 0.2) is 0 Å². The summed E-state index contributed by atoms with van der Waals surface area (Å²) in [6.45, 7) is 5.84. The summed E-state index contributed by atoms with van der Waals surface area (Å²) < 4.78 is 0. The standard InChI is InChI=1S/3C5H10O2.Os/c3*1-2-3-4-5(6)7;/h3*2-4H2,1H3,(H,6,7);/q;;;+3/p-3. The van der Waals surface area contributed by atoms with E-state index in [0.717, 1.165) is 38.5 Å². The first-order chi connectivity index (χ1) is 9.81. The molecule has 0 saturated carbocycles. The minimum atomic E-state index is -0.943. The summed E-state index contributed by atoms with van der Waals surface area (Å²) in [7, 11) is 0. The van der Waals surface area contributed by atoms with Crippen molar-refractivity contribution in [1.29, 1.82) is 0 Å². The molecule has 0 aliphatic heterocycles. The Morgan fingerprint density at radius 1 is 0.591 bits per heavy atom. The third-order valence-corrected chi connectivity index (χ3v) is 2.20. The van der Waals surface area contributed by atoms with E-state index in [2.05, 4.69) is 0 Å². The molecule has 0 atom stereocenters. The van der Waals surface area contributed by atoms with E-state index >= 15 is 0 Å². The first-order valence-corrected chi connectivity index (χ1v) is 7.41. The molecular weight excluding hydrogens is 466 g/mol. The maximum atomic E-state index is 9.65. The second-order valence-electron chi connectivity index (χ2n) is 4.43. The largest absolute Gasteiger partial charge is 3.00 e. The normalized spacial score (nSPS) is 8.32. The molecule has 0 N–H and O–H groups in total. The number of carbonyl (C=O) groups excluding carboxylic acids is 3. The van der Waals surface area contributed by atoms with Crippen LogP contribution in [0.2, 0.25) is 0 Å². The summed E-state index contributed by atoms with van der Waals surface area (Å²) in [6, 6.07) is 0. The fraction of sp³-hybridized carbons (Fsp3) is 0.800. The van der Waals surface area contributed by atoms with Crippen molar-refractivity contribution in [3.63, 3.8) is 0 Å². The van der Waals surface area contributed by atoms with E-state index in [1.165, 1.54) is 0 Å². The van der Waals surface area contributed by atoms with Gasteiger partial charge in [-0.05, 0) is 38.5 Å². The molecule has 1 radical (unpaired) electrons. The SMILES string of the molecule is CCCCC(=O)[O-].CCCCC(=O)[O-].CCCCC(=O)[O-].[Os+3]. The van der Waals surface area contributed by atoms with Crippen LogP contribution >= 0.6 is 0 Å². The number of hydrogen-bond acceptors (Lipinski definition) is 6. The van der Waals surface area contributed by atoms with E-state index in [4.69, 9.17) is 0 Å². The molecule has 0 unspecified atom stereocenters. The monoisotopic (exact) mass is 495 g/mol. The summed E-state index contributed by atoms with van der Waals surface area (Å²) in [6.07, 6.45) is 5.60. The molecule has 0 spiro atoms.